The molecule has 0 fully saturated rings. The van der Waals surface area contributed by atoms with E-state index in [1.54, 1.807) is 20.5 Å². The second-order valence-corrected chi connectivity index (χ2v) is 4.20. The van der Waals surface area contributed by atoms with Crippen LogP contribution in [0.2, 0.25) is 0 Å². The number of rotatable bonds is 6. The number of hydrogen-bond donors (Lipinski definition) is 0. The maximum absolute atomic E-state index is 5.09. The van der Waals surface area contributed by atoms with Crippen molar-refractivity contribution in [1.29, 1.82) is 0 Å². The monoisotopic (exact) mass is 198 g/mol. The molecule has 0 heterocycles. The molecule has 0 spiro atoms. The van der Waals surface area contributed by atoms with Gasteiger partial charge in [-0.05, 0) is 37.3 Å². The summed E-state index contributed by atoms with van der Waals surface area (Å²) in [5.41, 5.74) is 0.259. The molecule has 0 aromatic rings. The normalized spacial score (nSPS) is 13.4. The summed E-state index contributed by atoms with van der Waals surface area (Å²) in [6.45, 7) is 6.43. The second kappa shape index (κ2) is 6.52. The molecule has 2 nitrogen and oxygen atoms in total. The summed E-state index contributed by atoms with van der Waals surface area (Å²) in [5.74, 6) is 0.980. The molecule has 0 rings (SSSR count). The van der Waals surface area contributed by atoms with Crippen molar-refractivity contribution in [3.63, 3.8) is 0 Å². The third kappa shape index (κ3) is 6.58. The highest BCUT2D eigenvalue weighted by molar-refractivity contribution is 4.94. The van der Waals surface area contributed by atoms with Crippen LogP contribution in [0.3, 0.4) is 0 Å². The summed E-state index contributed by atoms with van der Waals surface area (Å²) in [7, 11) is 3.36. The zero-order valence-electron chi connectivity index (χ0n) is 9.96. The maximum Gasteiger partial charge on any atom is 0.0885 e. The first-order valence-electron chi connectivity index (χ1n) is 4.90. The van der Waals surface area contributed by atoms with Crippen molar-refractivity contribution < 1.29 is 9.47 Å². The first kappa shape index (κ1) is 13.1. The average Bonchev–Trinajstić information content (AvgIpc) is 2.14. The van der Waals surface area contributed by atoms with Crippen LogP contribution in [0, 0.1) is 5.41 Å². The van der Waals surface area contributed by atoms with E-state index in [9.17, 15) is 0 Å². The lowest BCUT2D eigenvalue weighted by Crippen LogP contribution is -2.08. The molecule has 0 aromatic carbocycles. The van der Waals surface area contributed by atoms with E-state index in [1.807, 2.05) is 6.92 Å². The smallest absolute Gasteiger partial charge is 0.0885 e. The lowest BCUT2D eigenvalue weighted by molar-refractivity contribution is 0.284. The van der Waals surface area contributed by atoms with E-state index in [0.29, 0.717) is 0 Å². The Morgan fingerprint density at radius 2 is 1.86 bits per heavy atom. The third-order valence-electron chi connectivity index (χ3n) is 2.17. The summed E-state index contributed by atoms with van der Waals surface area (Å²) in [5, 5.41) is 0. The van der Waals surface area contributed by atoms with Gasteiger partial charge in [0.25, 0.3) is 0 Å². The van der Waals surface area contributed by atoms with Gasteiger partial charge < -0.3 is 9.47 Å². The topological polar surface area (TPSA) is 18.5 Å². The molecule has 0 N–H and O–H groups in total. The summed E-state index contributed by atoms with van der Waals surface area (Å²) < 4.78 is 9.95. The van der Waals surface area contributed by atoms with Gasteiger partial charge in [-0.25, -0.2) is 0 Å². The van der Waals surface area contributed by atoms with Crippen molar-refractivity contribution in [3.05, 3.63) is 24.2 Å². The molecule has 0 aliphatic rings. The fourth-order valence-electron chi connectivity index (χ4n) is 1.05. The number of ether oxygens (including phenoxy) is 2. The Kier molecular flexibility index (Phi) is 6.09. The van der Waals surface area contributed by atoms with Crippen molar-refractivity contribution in [1.82, 2.24) is 0 Å². The Bertz CT molecular complexity index is 202. The Hall–Kier alpha value is -0.920. The van der Waals surface area contributed by atoms with Gasteiger partial charge >= 0.3 is 0 Å². The highest BCUT2D eigenvalue weighted by Gasteiger charge is 2.14. The van der Waals surface area contributed by atoms with E-state index >= 15 is 0 Å². The Morgan fingerprint density at radius 1 is 1.21 bits per heavy atom. The Labute approximate surface area is 87.6 Å². The average molecular weight is 198 g/mol. The lowest BCUT2D eigenvalue weighted by atomic mass is 9.85. The molecule has 0 amide bonds. The first-order chi connectivity index (χ1) is 6.52. The molecular weight excluding hydrogens is 176 g/mol. The van der Waals surface area contributed by atoms with Crippen LogP contribution in [0.25, 0.3) is 0 Å². The number of allylic oxidation sites excluding steroid dienone is 3. The van der Waals surface area contributed by atoms with Crippen molar-refractivity contribution >= 4 is 0 Å². The number of hydrogen-bond acceptors (Lipinski definition) is 2. The molecule has 0 unspecified atom stereocenters. The van der Waals surface area contributed by atoms with Crippen molar-refractivity contribution in [3.8, 4) is 0 Å². The van der Waals surface area contributed by atoms with Gasteiger partial charge in [-0.1, -0.05) is 13.8 Å². The second-order valence-electron chi connectivity index (χ2n) is 4.20. The molecule has 0 aromatic heterocycles. The fourth-order valence-corrected chi connectivity index (χ4v) is 1.05. The SMILES string of the molecule is CO/C=C/CC(C)(C)C/C=C(\C)OC. The molecule has 0 aliphatic heterocycles. The van der Waals surface area contributed by atoms with Gasteiger partial charge in [-0.15, -0.1) is 0 Å². The molecule has 82 valence electrons. The zero-order chi connectivity index (χ0) is 11.0. The van der Waals surface area contributed by atoms with E-state index in [2.05, 4.69) is 26.0 Å². The van der Waals surface area contributed by atoms with Crippen LogP contribution in [-0.4, -0.2) is 14.2 Å². The molecular formula is C12H22O2. The Balaban J connectivity index is 4.00. The highest BCUT2D eigenvalue weighted by atomic mass is 16.5. The van der Waals surface area contributed by atoms with Gasteiger partial charge in [0.15, 0.2) is 0 Å². The van der Waals surface area contributed by atoms with E-state index in [0.717, 1.165) is 18.6 Å². The minimum absolute atomic E-state index is 0.259. The minimum atomic E-state index is 0.259. The van der Waals surface area contributed by atoms with Gasteiger partial charge in [-0.2, -0.15) is 0 Å². The van der Waals surface area contributed by atoms with Gasteiger partial charge in [0.1, 0.15) is 0 Å². The van der Waals surface area contributed by atoms with Crippen molar-refractivity contribution in [2.45, 2.75) is 33.6 Å². The molecule has 2 heteroatoms. The van der Waals surface area contributed by atoms with Gasteiger partial charge in [0.2, 0.25) is 0 Å². The van der Waals surface area contributed by atoms with Crippen LogP contribution < -0.4 is 0 Å². The van der Waals surface area contributed by atoms with Gasteiger partial charge in [0.05, 0.1) is 26.2 Å². The molecule has 0 saturated carbocycles. The molecule has 0 saturated heterocycles. The summed E-state index contributed by atoms with van der Waals surface area (Å²) in [6, 6.07) is 0. The van der Waals surface area contributed by atoms with Crippen LogP contribution >= 0.6 is 0 Å². The summed E-state index contributed by atoms with van der Waals surface area (Å²) in [6.07, 6.45) is 7.93. The predicted molar refractivity (Wildman–Crippen MR) is 59.9 cm³/mol. The van der Waals surface area contributed by atoms with Crippen LogP contribution in [0.5, 0.6) is 0 Å². The summed E-state index contributed by atoms with van der Waals surface area (Å²) in [4.78, 5) is 0. The van der Waals surface area contributed by atoms with Crippen LogP contribution in [0.4, 0.5) is 0 Å². The van der Waals surface area contributed by atoms with Crippen molar-refractivity contribution in [2.24, 2.45) is 5.41 Å². The Morgan fingerprint density at radius 3 is 2.36 bits per heavy atom. The van der Waals surface area contributed by atoms with Crippen LogP contribution in [-0.2, 0) is 9.47 Å². The zero-order valence-corrected chi connectivity index (χ0v) is 9.96. The quantitative estimate of drug-likeness (QED) is 0.608. The molecule has 0 aliphatic carbocycles. The lowest BCUT2D eigenvalue weighted by Gasteiger charge is -2.20. The standard InChI is InChI=1S/C12H22O2/c1-11(14-5)7-9-12(2,3)8-6-10-13-4/h6-7,10H,8-9H2,1-5H3/b10-6+,11-7+. The number of methoxy groups -OCH3 is 2. The maximum atomic E-state index is 5.09. The van der Waals surface area contributed by atoms with E-state index < -0.39 is 0 Å². The largest absolute Gasteiger partial charge is 0.505 e. The van der Waals surface area contributed by atoms with E-state index in [-0.39, 0.29) is 5.41 Å². The highest BCUT2D eigenvalue weighted by Crippen LogP contribution is 2.26. The van der Waals surface area contributed by atoms with Crippen molar-refractivity contribution in [2.75, 3.05) is 14.2 Å². The minimum Gasteiger partial charge on any atom is -0.505 e. The molecule has 14 heavy (non-hydrogen) atoms. The molecule has 0 bridgehead atoms. The van der Waals surface area contributed by atoms with Gasteiger partial charge in [0, 0.05) is 0 Å². The van der Waals surface area contributed by atoms with Crippen LogP contribution in [0.15, 0.2) is 24.2 Å². The van der Waals surface area contributed by atoms with E-state index in [4.69, 9.17) is 9.47 Å². The van der Waals surface area contributed by atoms with Gasteiger partial charge in [-0.3, -0.25) is 0 Å². The predicted octanol–water partition coefficient (Wildman–Crippen LogP) is 3.50. The van der Waals surface area contributed by atoms with E-state index in [1.165, 1.54) is 0 Å². The molecule has 0 radical (unpaired) electrons. The van der Waals surface area contributed by atoms with Crippen LogP contribution in [0.1, 0.15) is 33.6 Å². The fraction of sp³-hybridized carbons (Fsp3) is 0.667. The summed E-state index contributed by atoms with van der Waals surface area (Å²) >= 11 is 0. The molecule has 0 atom stereocenters. The third-order valence-corrected chi connectivity index (χ3v) is 2.17. The first-order valence-corrected chi connectivity index (χ1v) is 4.90.